The van der Waals surface area contributed by atoms with Crippen LogP contribution in [0.25, 0.3) is 0 Å². The number of rotatable bonds is 11. The Morgan fingerprint density at radius 3 is 2.12 bits per heavy atom. The fourth-order valence-electron chi connectivity index (χ4n) is 4.47. The number of nitro groups is 1. The zero-order chi connectivity index (χ0) is 31.2. The predicted octanol–water partition coefficient (Wildman–Crippen LogP) is 4.53. The van der Waals surface area contributed by atoms with E-state index in [0.29, 0.717) is 5.56 Å². The number of hydrogen-bond acceptors (Lipinski definition) is 6. The van der Waals surface area contributed by atoms with Crippen molar-refractivity contribution >= 4 is 33.2 Å². The molecular formula is C31H38N4O6S. The first-order valence-corrected chi connectivity index (χ1v) is 15.3. The number of aryl methyl sites for hydroxylation is 2. The van der Waals surface area contributed by atoms with Crippen molar-refractivity contribution in [2.45, 2.75) is 59.2 Å². The largest absolute Gasteiger partial charge is 0.350 e. The molecule has 3 rings (SSSR count). The third-order valence-corrected chi connectivity index (χ3v) is 7.72. The summed E-state index contributed by atoms with van der Waals surface area (Å²) in [4.78, 5) is 40.2. The van der Waals surface area contributed by atoms with Crippen molar-refractivity contribution in [3.63, 3.8) is 0 Å². The fourth-order valence-corrected chi connectivity index (χ4v) is 5.37. The summed E-state index contributed by atoms with van der Waals surface area (Å²) in [5.74, 6) is -1.01. The summed E-state index contributed by atoms with van der Waals surface area (Å²) in [5, 5.41) is 14.4. The molecule has 0 aliphatic heterocycles. The van der Waals surface area contributed by atoms with E-state index in [4.69, 9.17) is 0 Å². The Balaban J connectivity index is 2.12. The molecule has 0 spiro atoms. The number of benzene rings is 3. The lowest BCUT2D eigenvalue weighted by atomic mass is 10.0. The highest BCUT2D eigenvalue weighted by atomic mass is 32.2. The van der Waals surface area contributed by atoms with Crippen molar-refractivity contribution in [3.05, 3.63) is 105 Å². The number of anilines is 1. The summed E-state index contributed by atoms with van der Waals surface area (Å²) in [5.41, 5.74) is 2.16. The number of nitrogens with one attached hydrogen (secondary N) is 1. The van der Waals surface area contributed by atoms with E-state index in [9.17, 15) is 28.1 Å². The molecule has 0 aromatic heterocycles. The molecular weight excluding hydrogens is 556 g/mol. The van der Waals surface area contributed by atoms with E-state index in [-0.39, 0.29) is 30.2 Å². The Labute approximate surface area is 247 Å². The van der Waals surface area contributed by atoms with Gasteiger partial charge in [-0.2, -0.15) is 0 Å². The van der Waals surface area contributed by atoms with Gasteiger partial charge in [0.15, 0.2) is 0 Å². The third kappa shape index (κ3) is 8.87. The summed E-state index contributed by atoms with van der Waals surface area (Å²) < 4.78 is 26.9. The SMILES string of the molecule is Cc1ccc(CN(C(=O)CN(c2cc([N+](=O)[O-])ccc2C)S(C)(=O)=O)[C@H](Cc2ccccc2)C(=O)NC(C)(C)C)cc1. The Bertz CT molecular complexity index is 1530. The van der Waals surface area contributed by atoms with Gasteiger partial charge in [0.25, 0.3) is 5.69 Å². The lowest BCUT2D eigenvalue weighted by molar-refractivity contribution is -0.384. The van der Waals surface area contributed by atoms with Gasteiger partial charge in [0, 0.05) is 30.6 Å². The Hall–Kier alpha value is -4.25. The summed E-state index contributed by atoms with van der Waals surface area (Å²) in [7, 11) is -4.06. The van der Waals surface area contributed by atoms with Crippen molar-refractivity contribution in [2.24, 2.45) is 0 Å². The highest BCUT2D eigenvalue weighted by molar-refractivity contribution is 7.92. The fraction of sp³-hybridized carbons (Fsp3) is 0.355. The van der Waals surface area contributed by atoms with Gasteiger partial charge in [0.05, 0.1) is 16.9 Å². The van der Waals surface area contributed by atoms with Crippen LogP contribution in [-0.2, 0) is 32.6 Å². The average Bonchev–Trinajstić information content (AvgIpc) is 2.89. The highest BCUT2D eigenvalue weighted by Gasteiger charge is 2.34. The Morgan fingerprint density at radius 1 is 0.952 bits per heavy atom. The van der Waals surface area contributed by atoms with Crippen LogP contribution in [-0.4, -0.2) is 54.4 Å². The summed E-state index contributed by atoms with van der Waals surface area (Å²) in [6, 6.07) is 19.7. The molecule has 0 saturated carbocycles. The first-order chi connectivity index (χ1) is 19.5. The van der Waals surface area contributed by atoms with Crippen LogP contribution >= 0.6 is 0 Å². The smallest absolute Gasteiger partial charge is 0.271 e. The summed E-state index contributed by atoms with van der Waals surface area (Å²) in [6.45, 7) is 8.46. The minimum absolute atomic E-state index is 0.0223. The molecule has 1 atom stereocenters. The van der Waals surface area contributed by atoms with E-state index >= 15 is 0 Å². The van der Waals surface area contributed by atoms with Gasteiger partial charge in [-0.15, -0.1) is 0 Å². The van der Waals surface area contributed by atoms with Crippen LogP contribution in [0.15, 0.2) is 72.8 Å². The van der Waals surface area contributed by atoms with Gasteiger partial charge >= 0.3 is 0 Å². The minimum Gasteiger partial charge on any atom is -0.350 e. The number of carbonyl (C=O) groups excluding carboxylic acids is 2. The van der Waals surface area contributed by atoms with Crippen LogP contribution in [0.1, 0.15) is 43.0 Å². The molecule has 2 amide bonds. The van der Waals surface area contributed by atoms with E-state index < -0.39 is 39.0 Å². The standard InChI is InChI=1S/C31H38N4O6S/c1-22-12-15-25(16-13-22)20-33(28(30(37)32-31(3,4)5)18-24-10-8-7-9-11-24)29(36)21-34(42(6,40)41)27-19-26(35(38)39)17-14-23(27)2/h7-17,19,28H,18,20-21H2,1-6H3,(H,32,37)/t28-/m1/s1. The molecule has 3 aromatic carbocycles. The topological polar surface area (TPSA) is 130 Å². The third-order valence-electron chi connectivity index (χ3n) is 6.59. The van der Waals surface area contributed by atoms with Gasteiger partial charge in [0.1, 0.15) is 12.6 Å². The number of amides is 2. The summed E-state index contributed by atoms with van der Waals surface area (Å²) >= 11 is 0. The molecule has 0 heterocycles. The maximum atomic E-state index is 14.2. The van der Waals surface area contributed by atoms with Gasteiger partial charge in [-0.3, -0.25) is 24.0 Å². The summed E-state index contributed by atoms with van der Waals surface area (Å²) in [6.07, 6.45) is 1.13. The molecule has 11 heteroatoms. The monoisotopic (exact) mass is 594 g/mol. The van der Waals surface area contributed by atoms with Gasteiger partial charge < -0.3 is 10.2 Å². The van der Waals surface area contributed by atoms with Crippen LogP contribution in [0, 0.1) is 24.0 Å². The second kappa shape index (κ2) is 13.2. The van der Waals surface area contributed by atoms with Crippen LogP contribution in [0.2, 0.25) is 0 Å². The van der Waals surface area contributed by atoms with Gasteiger partial charge in [-0.1, -0.05) is 66.2 Å². The van der Waals surface area contributed by atoms with Gasteiger partial charge in [0.2, 0.25) is 21.8 Å². The molecule has 224 valence electrons. The predicted molar refractivity (Wildman–Crippen MR) is 164 cm³/mol. The van der Waals surface area contributed by atoms with Gasteiger partial charge in [-0.25, -0.2) is 8.42 Å². The molecule has 0 saturated heterocycles. The van der Waals surface area contributed by atoms with Crippen molar-refractivity contribution < 1.29 is 22.9 Å². The van der Waals surface area contributed by atoms with E-state index in [0.717, 1.165) is 33.3 Å². The number of hydrogen-bond donors (Lipinski definition) is 1. The van der Waals surface area contributed by atoms with E-state index in [2.05, 4.69) is 5.32 Å². The molecule has 10 nitrogen and oxygen atoms in total. The van der Waals surface area contributed by atoms with Crippen molar-refractivity contribution in [1.29, 1.82) is 0 Å². The normalized spacial score (nSPS) is 12.3. The number of nitrogens with zero attached hydrogens (tertiary/aromatic N) is 3. The van der Waals surface area contributed by atoms with Crippen LogP contribution < -0.4 is 9.62 Å². The zero-order valence-corrected chi connectivity index (χ0v) is 25.6. The molecule has 0 aliphatic carbocycles. The number of carbonyl (C=O) groups is 2. The first kappa shape index (κ1) is 32.3. The number of sulfonamides is 1. The average molecular weight is 595 g/mol. The lowest BCUT2D eigenvalue weighted by Gasteiger charge is -2.35. The second-order valence-electron chi connectivity index (χ2n) is 11.4. The molecule has 0 fully saturated rings. The maximum absolute atomic E-state index is 14.2. The van der Waals surface area contributed by atoms with Crippen molar-refractivity contribution in [1.82, 2.24) is 10.2 Å². The van der Waals surface area contributed by atoms with E-state index in [1.165, 1.54) is 17.0 Å². The van der Waals surface area contributed by atoms with Crippen LogP contribution in [0.5, 0.6) is 0 Å². The van der Waals surface area contributed by atoms with Crippen LogP contribution in [0.3, 0.4) is 0 Å². The second-order valence-corrected chi connectivity index (χ2v) is 13.4. The molecule has 0 unspecified atom stereocenters. The zero-order valence-electron chi connectivity index (χ0n) is 24.8. The van der Waals surface area contributed by atoms with E-state index in [1.54, 1.807) is 6.92 Å². The molecule has 0 aliphatic rings. The number of non-ortho nitro benzene ring substituents is 1. The molecule has 1 N–H and O–H groups in total. The Morgan fingerprint density at radius 2 is 1.57 bits per heavy atom. The first-order valence-electron chi connectivity index (χ1n) is 13.5. The van der Waals surface area contributed by atoms with Gasteiger partial charge in [-0.05, 0) is 51.3 Å². The molecule has 3 aromatic rings. The molecule has 42 heavy (non-hydrogen) atoms. The van der Waals surface area contributed by atoms with E-state index in [1.807, 2.05) is 82.3 Å². The number of nitro benzene ring substituents is 1. The highest BCUT2D eigenvalue weighted by Crippen LogP contribution is 2.28. The Kier molecular flexibility index (Phi) is 10.1. The van der Waals surface area contributed by atoms with Crippen LogP contribution in [0.4, 0.5) is 11.4 Å². The molecule has 0 bridgehead atoms. The molecule has 0 radical (unpaired) electrons. The lowest BCUT2D eigenvalue weighted by Crippen LogP contribution is -2.56. The minimum atomic E-state index is -4.06. The van der Waals surface area contributed by atoms with Crippen molar-refractivity contribution in [2.75, 3.05) is 17.1 Å². The van der Waals surface area contributed by atoms with Crippen molar-refractivity contribution in [3.8, 4) is 0 Å². The maximum Gasteiger partial charge on any atom is 0.271 e. The quantitative estimate of drug-likeness (QED) is 0.256.